The first-order valence-electron chi connectivity index (χ1n) is 15.0. The van der Waals surface area contributed by atoms with Crippen molar-refractivity contribution in [3.63, 3.8) is 0 Å². The van der Waals surface area contributed by atoms with E-state index in [4.69, 9.17) is 35.7 Å². The standard InChI is InChI=1S/C28H34N6O3.2C2HF3O2/c29-14-6-10-22(30)26(35)17-32-24(13-12-19-7-2-1-3-8-19)28-34-25(18-37-28)27(36)33-21-15-20-9-4-5-11-23(20)31-16-21;2*3-2(4,5)1(6)7/h1-5,7-9,11,15-16,18,22,24,26,32,35H,6,10,12-14,17,29-30H2,(H,33,36);2*(H,6,7)/t22-,24-,26?;;/m1../s1. The van der Waals surface area contributed by atoms with E-state index in [0.29, 0.717) is 31.0 Å². The number of carbonyl (C=O) groups excluding carboxylic acids is 1. The van der Waals surface area contributed by atoms with E-state index in [1.165, 1.54) is 11.8 Å². The van der Waals surface area contributed by atoms with Crippen LogP contribution in [0.5, 0.6) is 0 Å². The summed E-state index contributed by atoms with van der Waals surface area (Å²) in [5, 5.41) is 31.8. The summed E-state index contributed by atoms with van der Waals surface area (Å²) in [4.78, 5) is 39.5. The Hall–Kier alpha value is -5.11. The molecule has 0 saturated carbocycles. The maximum absolute atomic E-state index is 12.9. The summed E-state index contributed by atoms with van der Waals surface area (Å²) >= 11 is 0. The van der Waals surface area contributed by atoms with E-state index in [1.807, 2.05) is 48.5 Å². The quantitative estimate of drug-likeness (QED) is 0.0949. The highest BCUT2D eigenvalue weighted by Gasteiger charge is 2.39. The fourth-order valence-corrected chi connectivity index (χ4v) is 4.12. The smallest absolute Gasteiger partial charge is 0.475 e. The van der Waals surface area contributed by atoms with Gasteiger partial charge in [-0.15, -0.1) is 0 Å². The number of nitrogens with zero attached hydrogens (tertiary/aromatic N) is 2. The number of fused-ring (bicyclic) bond motifs is 1. The number of carboxylic acids is 2. The first kappa shape index (κ1) is 42.1. The molecular formula is C32H36F6N6O7. The number of aliphatic hydroxyl groups is 1. The second-order valence-electron chi connectivity index (χ2n) is 10.7. The minimum Gasteiger partial charge on any atom is -0.475 e. The topological polar surface area (TPSA) is 227 Å². The number of pyridine rings is 1. The fourth-order valence-electron chi connectivity index (χ4n) is 4.12. The number of para-hydroxylation sites is 1. The molecule has 278 valence electrons. The highest BCUT2D eigenvalue weighted by molar-refractivity contribution is 6.03. The summed E-state index contributed by atoms with van der Waals surface area (Å²) in [6, 6.07) is 18.9. The van der Waals surface area contributed by atoms with Gasteiger partial charge in [0.25, 0.3) is 5.91 Å². The molecule has 0 aliphatic heterocycles. The summed E-state index contributed by atoms with van der Waals surface area (Å²) < 4.78 is 69.2. The van der Waals surface area contributed by atoms with Crippen LogP contribution in [0.1, 0.15) is 47.2 Å². The van der Waals surface area contributed by atoms with Crippen molar-refractivity contribution in [2.24, 2.45) is 11.5 Å². The van der Waals surface area contributed by atoms with Crippen LogP contribution in [0.15, 0.2) is 77.5 Å². The van der Waals surface area contributed by atoms with Crippen molar-refractivity contribution in [2.45, 2.75) is 56.2 Å². The lowest BCUT2D eigenvalue weighted by molar-refractivity contribution is -0.193. The average molecular weight is 731 g/mol. The molecule has 0 radical (unpaired) electrons. The Kier molecular flexibility index (Phi) is 16.4. The van der Waals surface area contributed by atoms with Crippen molar-refractivity contribution in [1.29, 1.82) is 0 Å². The van der Waals surface area contributed by atoms with Crippen LogP contribution < -0.4 is 22.1 Å². The zero-order valence-electron chi connectivity index (χ0n) is 26.7. The zero-order chi connectivity index (χ0) is 38.2. The molecule has 0 saturated heterocycles. The van der Waals surface area contributed by atoms with Crippen LogP contribution in [-0.2, 0) is 16.0 Å². The van der Waals surface area contributed by atoms with Crippen LogP contribution in [0, 0.1) is 0 Å². The molecule has 1 unspecified atom stereocenters. The van der Waals surface area contributed by atoms with E-state index < -0.39 is 36.3 Å². The Bertz CT molecular complexity index is 1660. The van der Waals surface area contributed by atoms with E-state index in [0.717, 1.165) is 23.7 Å². The third-order valence-electron chi connectivity index (χ3n) is 6.76. The average Bonchev–Trinajstić information content (AvgIpc) is 3.58. The van der Waals surface area contributed by atoms with Crippen molar-refractivity contribution in [1.82, 2.24) is 15.3 Å². The molecule has 2 aromatic heterocycles. The van der Waals surface area contributed by atoms with Gasteiger partial charge in [0, 0.05) is 18.0 Å². The molecule has 51 heavy (non-hydrogen) atoms. The number of rotatable bonds is 13. The first-order chi connectivity index (χ1) is 23.9. The number of carbonyl (C=O) groups is 3. The Labute approximate surface area is 286 Å². The lowest BCUT2D eigenvalue weighted by Gasteiger charge is -2.22. The van der Waals surface area contributed by atoms with Gasteiger partial charge in [-0.2, -0.15) is 26.3 Å². The zero-order valence-corrected chi connectivity index (χ0v) is 26.7. The Balaban J connectivity index is 0.000000543. The molecule has 0 fully saturated rings. The Morgan fingerprint density at radius 3 is 2.08 bits per heavy atom. The number of nitrogens with two attached hydrogens (primary N) is 2. The molecule has 2 aromatic carbocycles. The molecule has 9 N–H and O–H groups in total. The Morgan fingerprint density at radius 1 is 0.902 bits per heavy atom. The van der Waals surface area contributed by atoms with Gasteiger partial charge in [0.2, 0.25) is 5.89 Å². The Morgan fingerprint density at radius 2 is 1.49 bits per heavy atom. The first-order valence-corrected chi connectivity index (χ1v) is 15.0. The molecule has 2 heterocycles. The molecule has 1 amide bonds. The van der Waals surface area contributed by atoms with Crippen LogP contribution in [0.3, 0.4) is 0 Å². The third kappa shape index (κ3) is 15.1. The molecule has 0 spiro atoms. The van der Waals surface area contributed by atoms with E-state index >= 15 is 0 Å². The van der Waals surface area contributed by atoms with Gasteiger partial charge < -0.3 is 41.8 Å². The lowest BCUT2D eigenvalue weighted by atomic mass is 10.0. The van der Waals surface area contributed by atoms with Gasteiger partial charge in [-0.3, -0.25) is 9.78 Å². The minimum absolute atomic E-state index is 0.162. The van der Waals surface area contributed by atoms with Crippen molar-refractivity contribution >= 4 is 34.4 Å². The lowest BCUT2D eigenvalue weighted by Crippen LogP contribution is -2.43. The molecule has 3 atom stereocenters. The number of anilines is 1. The molecule has 0 aliphatic carbocycles. The minimum atomic E-state index is -5.08. The number of nitrogens with one attached hydrogen (secondary N) is 2. The second-order valence-corrected chi connectivity index (χ2v) is 10.7. The number of aliphatic carboxylic acids is 2. The molecule has 4 rings (SSSR count). The van der Waals surface area contributed by atoms with E-state index in [-0.39, 0.29) is 24.3 Å². The number of oxazole rings is 1. The van der Waals surface area contributed by atoms with Crippen LogP contribution in [-0.4, -0.2) is 80.7 Å². The summed E-state index contributed by atoms with van der Waals surface area (Å²) in [7, 11) is 0. The van der Waals surface area contributed by atoms with Gasteiger partial charge in [-0.25, -0.2) is 14.6 Å². The normalized spacial score (nSPS) is 13.1. The largest absolute Gasteiger partial charge is 0.490 e. The van der Waals surface area contributed by atoms with Crippen LogP contribution in [0.25, 0.3) is 10.9 Å². The fraction of sp³-hybridized carbons (Fsp3) is 0.344. The van der Waals surface area contributed by atoms with Gasteiger partial charge in [0.15, 0.2) is 5.69 Å². The molecule has 13 nitrogen and oxygen atoms in total. The predicted octanol–water partition coefficient (Wildman–Crippen LogP) is 4.43. The van der Waals surface area contributed by atoms with Crippen molar-refractivity contribution in [3.8, 4) is 0 Å². The van der Waals surface area contributed by atoms with Crippen molar-refractivity contribution in [2.75, 3.05) is 18.4 Å². The number of carboxylic acid groups (broad SMARTS) is 2. The van der Waals surface area contributed by atoms with Gasteiger partial charge in [0.1, 0.15) is 6.26 Å². The monoisotopic (exact) mass is 730 g/mol. The molecule has 0 bridgehead atoms. The highest BCUT2D eigenvalue weighted by atomic mass is 19.4. The number of benzene rings is 2. The van der Waals surface area contributed by atoms with Gasteiger partial charge >= 0.3 is 24.3 Å². The number of hydrogen-bond acceptors (Lipinski definition) is 10. The van der Waals surface area contributed by atoms with E-state index in [2.05, 4.69) is 32.7 Å². The van der Waals surface area contributed by atoms with Crippen LogP contribution in [0.4, 0.5) is 32.0 Å². The maximum Gasteiger partial charge on any atom is 0.490 e. The SMILES string of the molecule is NCCC[C@@H](N)C(O)CN[C@H](CCc1ccccc1)c1nc(C(=O)Nc2cnc3ccccc3c2)co1.O=C(O)C(F)(F)F.O=C(O)C(F)(F)F. The van der Waals surface area contributed by atoms with Crippen LogP contribution >= 0.6 is 0 Å². The number of hydrogen-bond donors (Lipinski definition) is 7. The highest BCUT2D eigenvalue weighted by Crippen LogP contribution is 2.21. The number of halogens is 6. The predicted molar refractivity (Wildman–Crippen MR) is 171 cm³/mol. The van der Waals surface area contributed by atoms with Gasteiger partial charge in [0.05, 0.1) is 29.5 Å². The van der Waals surface area contributed by atoms with E-state index in [9.17, 15) is 36.2 Å². The number of amides is 1. The van der Waals surface area contributed by atoms with E-state index in [1.54, 1.807) is 6.20 Å². The summed E-state index contributed by atoms with van der Waals surface area (Å²) in [5.41, 5.74) is 14.4. The number of aromatic nitrogens is 2. The van der Waals surface area contributed by atoms with Gasteiger partial charge in [-0.1, -0.05) is 48.5 Å². The molecule has 19 heteroatoms. The molecule has 4 aromatic rings. The number of aryl methyl sites for hydroxylation is 1. The van der Waals surface area contributed by atoms with Gasteiger partial charge in [-0.05, 0) is 49.9 Å². The summed E-state index contributed by atoms with van der Waals surface area (Å²) in [6.45, 7) is 0.793. The van der Waals surface area contributed by atoms with Crippen LogP contribution in [0.2, 0.25) is 0 Å². The van der Waals surface area contributed by atoms with Crippen molar-refractivity contribution < 1.29 is 60.5 Å². The maximum atomic E-state index is 12.9. The number of aliphatic hydroxyl groups excluding tert-OH is 1. The summed E-state index contributed by atoms with van der Waals surface area (Å²) in [6.07, 6.45) is -5.14. The third-order valence-corrected chi connectivity index (χ3v) is 6.76. The number of alkyl halides is 6. The molecular weight excluding hydrogens is 694 g/mol. The summed E-state index contributed by atoms with van der Waals surface area (Å²) in [5.74, 6) is -5.53. The second kappa shape index (κ2) is 19.9. The molecule has 0 aliphatic rings. The van der Waals surface area contributed by atoms with Crippen molar-refractivity contribution in [3.05, 3.63) is 90.3 Å².